The molecular weight excluding hydrogens is 588 g/mol. The average Bonchev–Trinajstić information content (AvgIpc) is 3.61. The first-order valence-electron chi connectivity index (χ1n) is 14.8. The van der Waals surface area contributed by atoms with Gasteiger partial charge >= 0.3 is 0 Å². The first-order valence-corrected chi connectivity index (χ1v) is 15.7. The van der Waals surface area contributed by atoms with E-state index in [1.807, 2.05) is 19.9 Å². The number of aromatic nitrogens is 3. The fourth-order valence-electron chi connectivity index (χ4n) is 6.22. The predicted octanol–water partition coefficient (Wildman–Crippen LogP) is 2.52. The van der Waals surface area contributed by atoms with Gasteiger partial charge in [0.2, 0.25) is 5.91 Å². The van der Waals surface area contributed by atoms with Crippen LogP contribution in [0.1, 0.15) is 18.1 Å². The number of amides is 1. The molecule has 2 atom stereocenters. The van der Waals surface area contributed by atoms with Gasteiger partial charge in [0.25, 0.3) is 0 Å². The summed E-state index contributed by atoms with van der Waals surface area (Å²) in [7, 11) is 0. The number of nitriles is 1. The highest BCUT2D eigenvalue weighted by molar-refractivity contribution is 8.13. The maximum Gasteiger partial charge on any atom is 0.236 e. The van der Waals surface area contributed by atoms with E-state index in [2.05, 4.69) is 15.9 Å². The number of nitrogens with zero attached hydrogens (tertiary/aromatic N) is 9. The van der Waals surface area contributed by atoms with Gasteiger partial charge in [-0.2, -0.15) is 10.4 Å². The van der Waals surface area contributed by atoms with Crippen LogP contribution in [0.3, 0.4) is 0 Å². The van der Waals surface area contributed by atoms with Gasteiger partial charge in [0, 0.05) is 51.4 Å². The molecule has 3 aliphatic rings. The van der Waals surface area contributed by atoms with Crippen LogP contribution < -0.4 is 9.80 Å². The van der Waals surface area contributed by atoms with Crippen LogP contribution in [0.2, 0.25) is 0 Å². The highest BCUT2D eigenvalue weighted by Crippen LogP contribution is 2.47. The number of thioether (sulfide) groups is 1. The third-order valence-electron chi connectivity index (χ3n) is 8.59. The number of aliphatic imine (C=N–C) groups is 1. The molecule has 6 rings (SSSR count). The fourth-order valence-corrected chi connectivity index (χ4v) is 7.14. The number of piperazine rings is 1. The van der Waals surface area contributed by atoms with Crippen LogP contribution in [0.4, 0.5) is 20.4 Å². The van der Waals surface area contributed by atoms with E-state index in [-0.39, 0.29) is 12.5 Å². The number of rotatable bonds is 9. The zero-order valence-electron chi connectivity index (χ0n) is 24.7. The van der Waals surface area contributed by atoms with Crippen LogP contribution in [-0.2, 0) is 17.0 Å². The molecule has 3 aromatic rings. The number of fused-ring (bicyclic) bond motifs is 1. The van der Waals surface area contributed by atoms with Crippen molar-refractivity contribution >= 4 is 45.9 Å². The molecule has 2 fully saturated rings. The van der Waals surface area contributed by atoms with Crippen molar-refractivity contribution in [2.24, 2.45) is 4.99 Å². The molecular formula is C30H35F2N9O2S. The molecule has 2 aromatic heterocycles. The molecule has 14 heteroatoms. The van der Waals surface area contributed by atoms with Gasteiger partial charge in [-0.05, 0) is 37.6 Å². The number of anilines is 2. The summed E-state index contributed by atoms with van der Waals surface area (Å²) in [4.78, 5) is 30.1. The summed E-state index contributed by atoms with van der Waals surface area (Å²) in [6.07, 6.45) is -0.418. The third-order valence-corrected chi connectivity index (χ3v) is 9.52. The lowest BCUT2D eigenvalue weighted by molar-refractivity contribution is -0.142. The van der Waals surface area contributed by atoms with Gasteiger partial charge in [0.1, 0.15) is 34.6 Å². The van der Waals surface area contributed by atoms with Crippen LogP contribution in [-0.4, -0.2) is 112 Å². The van der Waals surface area contributed by atoms with E-state index in [1.54, 1.807) is 32.2 Å². The molecule has 2 saturated heterocycles. The zero-order valence-corrected chi connectivity index (χ0v) is 25.6. The van der Waals surface area contributed by atoms with Gasteiger partial charge in [-0.15, -0.1) is 0 Å². The molecule has 1 aromatic carbocycles. The number of carbonyl (C=O) groups excluding carboxylic acids is 1. The number of hydrogen-bond acceptors (Lipinski definition) is 10. The number of aryl methyl sites for hydroxylation is 2. The minimum Gasteiger partial charge on any atom is -0.389 e. The molecule has 11 nitrogen and oxygen atoms in total. The van der Waals surface area contributed by atoms with Gasteiger partial charge in [0.15, 0.2) is 11.5 Å². The molecule has 1 N–H and O–H groups in total. The number of halogens is 2. The van der Waals surface area contributed by atoms with Crippen molar-refractivity contribution in [1.82, 2.24) is 24.6 Å². The summed E-state index contributed by atoms with van der Waals surface area (Å²) in [5.41, 5.74) is 3.01. The summed E-state index contributed by atoms with van der Waals surface area (Å²) in [6.45, 7) is 7.39. The number of hydrogen-bond donors (Lipinski definition) is 1. The largest absolute Gasteiger partial charge is 0.389 e. The first kappa shape index (κ1) is 30.2. The van der Waals surface area contributed by atoms with Crippen LogP contribution in [0.5, 0.6) is 0 Å². The van der Waals surface area contributed by atoms with Crippen molar-refractivity contribution in [3.63, 3.8) is 0 Å². The van der Waals surface area contributed by atoms with Crippen LogP contribution >= 0.6 is 11.8 Å². The number of alkyl halides is 1. The lowest BCUT2D eigenvalue weighted by Crippen LogP contribution is -2.57. The highest BCUT2D eigenvalue weighted by Gasteiger charge is 2.51. The van der Waals surface area contributed by atoms with Gasteiger partial charge in [0.05, 0.1) is 30.8 Å². The molecule has 232 valence electrons. The molecule has 0 saturated carbocycles. The summed E-state index contributed by atoms with van der Waals surface area (Å²) in [6, 6.07) is 10.2. The molecule has 2 unspecified atom stereocenters. The van der Waals surface area contributed by atoms with E-state index in [9.17, 15) is 23.9 Å². The standard InChI is InChI=1S/C30H35F2N9O2S/c1-3-41-29(40(9-8-31)30(24(15-33)44-19-34-30)21-4-6-22(32)7-5-21)28-27(36-41)20(2)14-25(35-28)38-12-10-37(11-13-38)18-26(43)39-16-23(42)17-39/h4-7,14,19,23-24,42H,3,8-13,16-18H2,1-2H3. The Balaban J connectivity index is 1.36. The Bertz CT molecular complexity index is 1600. The van der Waals surface area contributed by atoms with E-state index in [0.29, 0.717) is 74.8 Å². The number of pyridine rings is 1. The smallest absolute Gasteiger partial charge is 0.236 e. The van der Waals surface area contributed by atoms with E-state index in [1.165, 1.54) is 23.9 Å². The number of carbonyl (C=O) groups is 1. The Kier molecular flexibility index (Phi) is 8.45. The molecule has 0 bridgehead atoms. The number of benzene rings is 1. The third kappa shape index (κ3) is 5.27. The molecule has 44 heavy (non-hydrogen) atoms. The Morgan fingerprint density at radius 1 is 1.20 bits per heavy atom. The molecule has 3 aliphatic heterocycles. The van der Waals surface area contributed by atoms with E-state index in [4.69, 9.17) is 15.1 Å². The van der Waals surface area contributed by atoms with Crippen LogP contribution in [0.25, 0.3) is 11.0 Å². The second-order valence-electron chi connectivity index (χ2n) is 11.3. The number of aliphatic hydroxyl groups is 1. The Morgan fingerprint density at radius 3 is 2.57 bits per heavy atom. The van der Waals surface area contributed by atoms with Crippen molar-refractivity contribution in [3.8, 4) is 6.07 Å². The van der Waals surface area contributed by atoms with E-state index < -0.39 is 29.5 Å². The van der Waals surface area contributed by atoms with E-state index >= 15 is 0 Å². The van der Waals surface area contributed by atoms with Crippen molar-refractivity contribution in [1.29, 1.82) is 5.26 Å². The van der Waals surface area contributed by atoms with E-state index in [0.717, 1.165) is 11.4 Å². The topological polar surface area (TPSA) is 117 Å². The van der Waals surface area contributed by atoms with Crippen LogP contribution in [0.15, 0.2) is 35.3 Å². The number of β-amino-alcohol motifs (C(OH)–C–C–N with tert-alkyl or cyclic N) is 1. The molecule has 0 spiro atoms. The lowest BCUT2D eigenvalue weighted by Gasteiger charge is -2.42. The molecule has 0 aliphatic carbocycles. The van der Waals surface area contributed by atoms with Crippen molar-refractivity contribution < 1.29 is 18.7 Å². The van der Waals surface area contributed by atoms with Gasteiger partial charge < -0.3 is 19.8 Å². The summed E-state index contributed by atoms with van der Waals surface area (Å²) >= 11 is 1.25. The van der Waals surface area contributed by atoms with Crippen LogP contribution in [0, 0.1) is 24.1 Å². The monoisotopic (exact) mass is 623 g/mol. The predicted molar refractivity (Wildman–Crippen MR) is 166 cm³/mol. The maximum atomic E-state index is 14.4. The zero-order chi connectivity index (χ0) is 31.0. The van der Waals surface area contributed by atoms with Crippen molar-refractivity contribution in [2.45, 2.75) is 37.4 Å². The highest BCUT2D eigenvalue weighted by atomic mass is 32.2. The lowest BCUT2D eigenvalue weighted by atomic mass is 9.93. The SMILES string of the molecule is CCn1nc2c(C)cc(N3CCN(CC(=O)N4CC(O)C4)CC3)nc2c1N(CCF)C1(c2ccc(F)cc2)N=CSC1C#N. The van der Waals surface area contributed by atoms with Crippen molar-refractivity contribution in [3.05, 3.63) is 47.3 Å². The van der Waals surface area contributed by atoms with Gasteiger partial charge in [-0.1, -0.05) is 23.9 Å². The average molecular weight is 624 g/mol. The van der Waals surface area contributed by atoms with Crippen molar-refractivity contribution in [2.75, 3.05) is 68.8 Å². The minimum atomic E-state index is -1.32. The molecule has 1 amide bonds. The van der Waals surface area contributed by atoms with Gasteiger partial charge in [-0.25, -0.2) is 18.4 Å². The Labute approximate surface area is 258 Å². The fraction of sp³-hybridized carbons (Fsp3) is 0.500. The van der Waals surface area contributed by atoms with Gasteiger partial charge in [-0.3, -0.25) is 14.7 Å². The Morgan fingerprint density at radius 2 is 1.93 bits per heavy atom. The normalized spacial score (nSPS) is 22.4. The number of aliphatic hydroxyl groups excluding tert-OH is 1. The maximum absolute atomic E-state index is 14.4. The molecule has 5 heterocycles. The summed E-state index contributed by atoms with van der Waals surface area (Å²) < 4.78 is 30.2. The quantitative estimate of drug-likeness (QED) is 0.384. The second kappa shape index (κ2) is 12.3. The number of likely N-dealkylation sites (tertiary alicyclic amines) is 1. The summed E-state index contributed by atoms with van der Waals surface area (Å²) in [5, 5.41) is 23.9. The summed E-state index contributed by atoms with van der Waals surface area (Å²) in [5.74, 6) is 0.914. The Hall–Kier alpha value is -3.80. The minimum absolute atomic E-state index is 0.0298. The first-order chi connectivity index (χ1) is 21.3. The molecule has 0 radical (unpaired) electrons. The second-order valence-corrected chi connectivity index (χ2v) is 12.3.